The third-order valence-electron chi connectivity index (χ3n) is 12.5. The van der Waals surface area contributed by atoms with Crippen LogP contribution in [0.5, 0.6) is 11.5 Å². The third kappa shape index (κ3) is 4.75. The minimum absolute atomic E-state index is 0.510. The van der Waals surface area contributed by atoms with Gasteiger partial charge in [0.05, 0.1) is 14.2 Å². The van der Waals surface area contributed by atoms with Crippen molar-refractivity contribution in [2.75, 3.05) is 14.2 Å². The van der Waals surface area contributed by atoms with Gasteiger partial charge in [-0.3, -0.25) is 0 Å². The van der Waals surface area contributed by atoms with E-state index < -0.39 is 0 Å². The molecule has 0 radical (unpaired) electrons. The lowest BCUT2D eigenvalue weighted by atomic mass is 9.79. The number of benzene rings is 3. The molecule has 6 nitrogen and oxygen atoms in total. The number of aromatic nitrogens is 2. The molecule has 9 rings (SSSR count). The predicted molar refractivity (Wildman–Crippen MR) is 185 cm³/mol. The van der Waals surface area contributed by atoms with E-state index in [1.54, 1.807) is 14.2 Å². The smallest absolute Gasteiger partial charge is 0.119 e. The first kappa shape index (κ1) is 28.5. The van der Waals surface area contributed by atoms with E-state index in [0.29, 0.717) is 23.9 Å². The van der Waals surface area contributed by atoms with Gasteiger partial charge in [0.15, 0.2) is 0 Å². The number of hydrogen-bond donors (Lipinski definition) is 4. The number of methoxy groups -OCH3 is 2. The van der Waals surface area contributed by atoms with E-state index in [9.17, 15) is 0 Å². The number of rotatable bonds is 10. The summed E-state index contributed by atoms with van der Waals surface area (Å²) in [6.45, 7) is 1.83. The Labute approximate surface area is 271 Å². The molecular weight excluding hydrogens is 568 g/mol. The Bertz CT molecular complexity index is 1740. The van der Waals surface area contributed by atoms with Crippen molar-refractivity contribution in [1.29, 1.82) is 0 Å². The Balaban J connectivity index is 0.904. The van der Waals surface area contributed by atoms with Gasteiger partial charge in [0.2, 0.25) is 0 Å². The molecule has 46 heavy (non-hydrogen) atoms. The average molecular weight is 615 g/mol. The van der Waals surface area contributed by atoms with E-state index in [4.69, 9.17) is 9.47 Å². The van der Waals surface area contributed by atoms with Crippen molar-refractivity contribution in [3.05, 3.63) is 95.3 Å². The highest BCUT2D eigenvalue weighted by Gasteiger charge is 2.49. The minimum Gasteiger partial charge on any atom is -0.497 e. The van der Waals surface area contributed by atoms with Crippen LogP contribution in [0.15, 0.2) is 73.1 Å². The van der Waals surface area contributed by atoms with Crippen molar-refractivity contribution in [2.24, 2.45) is 23.7 Å². The van der Waals surface area contributed by atoms with E-state index in [0.717, 1.165) is 48.3 Å². The predicted octanol–water partition coefficient (Wildman–Crippen LogP) is 8.01. The Kier molecular flexibility index (Phi) is 7.12. The van der Waals surface area contributed by atoms with Crippen molar-refractivity contribution in [3.8, 4) is 11.5 Å². The van der Waals surface area contributed by atoms with Crippen LogP contribution in [-0.4, -0.2) is 36.3 Å². The summed E-state index contributed by atoms with van der Waals surface area (Å²) in [7, 11) is 3.52. The summed E-state index contributed by atoms with van der Waals surface area (Å²) >= 11 is 0. The molecule has 4 saturated carbocycles. The lowest BCUT2D eigenvalue weighted by Crippen LogP contribution is -2.39. The first-order chi connectivity index (χ1) is 22.7. The van der Waals surface area contributed by atoms with Crippen LogP contribution in [0.3, 0.4) is 0 Å². The van der Waals surface area contributed by atoms with Crippen LogP contribution >= 0.6 is 0 Å². The van der Waals surface area contributed by atoms with E-state index >= 15 is 0 Å². The summed E-state index contributed by atoms with van der Waals surface area (Å²) < 4.78 is 11.2. The highest BCUT2D eigenvalue weighted by Crippen LogP contribution is 2.55. The van der Waals surface area contributed by atoms with Crippen molar-refractivity contribution >= 4 is 21.8 Å². The molecule has 0 spiro atoms. The normalized spacial score (nSPS) is 29.8. The number of aromatic amines is 2. The molecule has 238 valence electrons. The molecule has 0 aliphatic heterocycles. The molecular formula is C40H46N4O2. The van der Waals surface area contributed by atoms with Gasteiger partial charge in [-0.2, -0.15) is 0 Å². The second kappa shape index (κ2) is 11.5. The Morgan fingerprint density at radius 3 is 1.57 bits per heavy atom. The van der Waals surface area contributed by atoms with E-state index in [1.807, 2.05) is 0 Å². The van der Waals surface area contributed by atoms with Crippen LogP contribution in [0.2, 0.25) is 0 Å². The SMILES string of the molecule is COc1ccc2[nH]cc([C@@H]3[C@@H]4CC[C@@H](C4)[C@@H]3NCc3cccc(CN[C@@H]4[C@@H]5CC[C@@H](C5)[C@@H]4c4c[nH]c5ccc(OC)cc45)c3)c2c1. The lowest BCUT2D eigenvalue weighted by molar-refractivity contribution is 0.309. The van der Waals surface area contributed by atoms with Gasteiger partial charge in [-0.15, -0.1) is 0 Å². The molecule has 2 aromatic heterocycles. The Morgan fingerprint density at radius 1 is 0.609 bits per heavy atom. The molecule has 8 atom stereocenters. The fourth-order valence-corrected chi connectivity index (χ4v) is 10.4. The van der Waals surface area contributed by atoms with Gasteiger partial charge >= 0.3 is 0 Å². The fourth-order valence-electron chi connectivity index (χ4n) is 10.4. The highest BCUT2D eigenvalue weighted by atomic mass is 16.5. The standard InChI is InChI=1S/C40H46N4O2/c1-45-29-10-12-35-31(17-29)33(21-41-35)37-25-6-8-27(15-25)39(37)43-19-23-4-3-5-24(14-23)20-44-40-28-9-7-26(16-28)38(40)34-22-42-36-13-11-30(46-2)18-32(34)36/h3-5,10-14,17-18,21-22,25-28,37-44H,6-9,15-16,19-20H2,1-2H3/t25-,26+,27+,28-,37+,38-,39+,40-. The van der Waals surface area contributed by atoms with Gasteiger partial charge in [0, 0.05) is 71.2 Å². The van der Waals surface area contributed by atoms with E-state index in [-0.39, 0.29) is 0 Å². The molecule has 0 saturated heterocycles. The van der Waals surface area contributed by atoms with Gasteiger partial charge < -0.3 is 30.1 Å². The average Bonchev–Trinajstić information content (AvgIpc) is 3.95. The molecule has 4 N–H and O–H groups in total. The summed E-state index contributed by atoms with van der Waals surface area (Å²) in [5, 5.41) is 10.8. The molecule has 0 amide bonds. The maximum Gasteiger partial charge on any atom is 0.119 e. The van der Waals surface area contributed by atoms with E-state index in [2.05, 4.69) is 93.7 Å². The quantitative estimate of drug-likeness (QED) is 0.129. The van der Waals surface area contributed by atoms with Gasteiger partial charge in [0.1, 0.15) is 11.5 Å². The molecule has 3 aromatic carbocycles. The number of H-pyrrole nitrogens is 2. The van der Waals surface area contributed by atoms with E-state index in [1.165, 1.54) is 82.6 Å². The maximum atomic E-state index is 5.59. The van der Waals surface area contributed by atoms with Gasteiger partial charge in [-0.25, -0.2) is 0 Å². The van der Waals surface area contributed by atoms with Crippen LogP contribution in [0, 0.1) is 23.7 Å². The number of nitrogens with one attached hydrogen (secondary N) is 4. The largest absolute Gasteiger partial charge is 0.497 e. The minimum atomic E-state index is 0.510. The first-order valence-corrected chi connectivity index (χ1v) is 17.5. The molecule has 0 unspecified atom stereocenters. The maximum absolute atomic E-state index is 5.59. The summed E-state index contributed by atoms with van der Waals surface area (Å²) in [6.07, 6.45) is 12.6. The lowest BCUT2D eigenvalue weighted by Gasteiger charge is -2.32. The molecule has 4 aliphatic rings. The van der Waals surface area contributed by atoms with Gasteiger partial charge in [0.25, 0.3) is 0 Å². The zero-order valence-corrected chi connectivity index (χ0v) is 27.0. The van der Waals surface area contributed by atoms with Gasteiger partial charge in [-0.05, 0) is 121 Å². The van der Waals surface area contributed by atoms with Crippen LogP contribution < -0.4 is 20.1 Å². The molecule has 4 fully saturated rings. The third-order valence-corrected chi connectivity index (χ3v) is 12.5. The zero-order chi connectivity index (χ0) is 30.8. The Morgan fingerprint density at radius 2 is 1.09 bits per heavy atom. The van der Waals surface area contributed by atoms with Crippen molar-refractivity contribution < 1.29 is 9.47 Å². The summed E-state index contributed by atoms with van der Waals surface area (Å²) in [4.78, 5) is 7.11. The van der Waals surface area contributed by atoms with Crippen LogP contribution in [0.4, 0.5) is 0 Å². The molecule has 4 bridgehead atoms. The molecule has 4 aliphatic carbocycles. The number of fused-ring (bicyclic) bond motifs is 6. The second-order valence-electron chi connectivity index (χ2n) is 14.7. The highest BCUT2D eigenvalue weighted by molar-refractivity contribution is 5.86. The number of hydrogen-bond acceptors (Lipinski definition) is 4. The zero-order valence-electron chi connectivity index (χ0n) is 27.0. The van der Waals surface area contributed by atoms with Crippen molar-refractivity contribution in [1.82, 2.24) is 20.6 Å². The fraction of sp³-hybridized carbons (Fsp3) is 0.450. The van der Waals surface area contributed by atoms with Crippen molar-refractivity contribution in [2.45, 2.75) is 75.5 Å². The topological polar surface area (TPSA) is 74.1 Å². The molecule has 2 heterocycles. The Hall–Kier alpha value is -3.74. The summed E-state index contributed by atoms with van der Waals surface area (Å²) in [6, 6.07) is 23.2. The monoisotopic (exact) mass is 614 g/mol. The number of ether oxygens (including phenoxy) is 2. The van der Waals surface area contributed by atoms with Crippen LogP contribution in [-0.2, 0) is 13.1 Å². The van der Waals surface area contributed by atoms with Gasteiger partial charge in [-0.1, -0.05) is 24.3 Å². The molecule has 6 heteroatoms. The van der Waals surface area contributed by atoms with Crippen molar-refractivity contribution in [3.63, 3.8) is 0 Å². The summed E-state index contributed by atoms with van der Waals surface area (Å²) in [5.41, 5.74) is 8.11. The van der Waals surface area contributed by atoms with Crippen LogP contribution in [0.1, 0.15) is 72.6 Å². The van der Waals surface area contributed by atoms with Crippen LogP contribution in [0.25, 0.3) is 21.8 Å². The second-order valence-corrected chi connectivity index (χ2v) is 14.7. The summed E-state index contributed by atoms with van der Waals surface area (Å²) in [5.74, 6) is 6.00. The first-order valence-electron chi connectivity index (χ1n) is 17.5. The molecule has 5 aromatic rings.